The van der Waals surface area contributed by atoms with Crippen LogP contribution in [-0.2, 0) is 16.1 Å². The fourth-order valence-corrected chi connectivity index (χ4v) is 4.16. The van der Waals surface area contributed by atoms with Crippen LogP contribution in [0.25, 0.3) is 11.4 Å². The summed E-state index contributed by atoms with van der Waals surface area (Å²) in [7, 11) is 0. The van der Waals surface area contributed by atoms with Crippen LogP contribution < -0.4 is 10.2 Å². The van der Waals surface area contributed by atoms with Crippen LogP contribution in [0.5, 0.6) is 0 Å². The van der Waals surface area contributed by atoms with Gasteiger partial charge in [0, 0.05) is 17.1 Å². The number of nitrogens with one attached hydrogen (secondary N) is 1. The second kappa shape index (κ2) is 8.26. The summed E-state index contributed by atoms with van der Waals surface area (Å²) in [5.41, 5.74) is 2.25. The number of fused-ring (bicyclic) bond motifs is 1. The van der Waals surface area contributed by atoms with E-state index in [9.17, 15) is 9.59 Å². The molecular weight excluding hydrogens is 410 g/mol. The van der Waals surface area contributed by atoms with Crippen molar-refractivity contribution >= 4 is 46.6 Å². The smallest absolute Gasteiger partial charge is 0.244 e. The number of para-hydroxylation sites is 2. The Morgan fingerprint density at radius 1 is 1.17 bits per heavy atom. The van der Waals surface area contributed by atoms with Gasteiger partial charge in [-0.3, -0.25) is 9.59 Å². The van der Waals surface area contributed by atoms with E-state index in [1.165, 1.54) is 16.7 Å². The second-order valence-corrected chi connectivity index (χ2v) is 7.77. The van der Waals surface area contributed by atoms with E-state index in [-0.39, 0.29) is 24.1 Å². The third-order valence-corrected chi connectivity index (χ3v) is 5.74. The number of carbonyl (C=O) groups excluding carboxylic acids is 2. The molecule has 2 aromatic carbocycles. The van der Waals surface area contributed by atoms with Crippen LogP contribution in [0.4, 0.5) is 11.4 Å². The lowest BCUT2D eigenvalue weighted by Crippen LogP contribution is -2.43. The molecule has 0 spiro atoms. The molecule has 148 valence electrons. The van der Waals surface area contributed by atoms with Gasteiger partial charge in [-0.05, 0) is 43.3 Å². The summed E-state index contributed by atoms with van der Waals surface area (Å²) >= 11 is 7.27. The Kier molecular flexibility index (Phi) is 5.55. The van der Waals surface area contributed by atoms with Gasteiger partial charge in [-0.1, -0.05) is 35.5 Å². The van der Waals surface area contributed by atoms with E-state index in [2.05, 4.69) is 15.5 Å². The van der Waals surface area contributed by atoms with Gasteiger partial charge in [0.2, 0.25) is 11.8 Å². The number of thioether (sulfide) groups is 1. The second-order valence-electron chi connectivity index (χ2n) is 6.39. The summed E-state index contributed by atoms with van der Waals surface area (Å²) in [4.78, 5) is 26.3. The molecule has 2 amide bonds. The number of benzene rings is 2. The molecule has 0 fully saturated rings. The average Bonchev–Trinajstić information content (AvgIpc) is 3.14. The predicted molar refractivity (Wildman–Crippen MR) is 114 cm³/mol. The van der Waals surface area contributed by atoms with Gasteiger partial charge in [0.15, 0.2) is 11.0 Å². The van der Waals surface area contributed by atoms with Gasteiger partial charge in [0.25, 0.3) is 0 Å². The van der Waals surface area contributed by atoms with Gasteiger partial charge in [0.1, 0.15) is 6.54 Å². The topological polar surface area (TPSA) is 80.1 Å². The number of aromatic nitrogens is 3. The Labute approximate surface area is 177 Å². The summed E-state index contributed by atoms with van der Waals surface area (Å²) < 4.78 is 1.96. The molecule has 4 rings (SSSR count). The fraction of sp³-hybridized carbons (Fsp3) is 0.200. The molecule has 0 saturated carbocycles. The molecule has 9 heteroatoms. The summed E-state index contributed by atoms with van der Waals surface area (Å²) in [6.07, 6.45) is 0. The van der Waals surface area contributed by atoms with Crippen molar-refractivity contribution in [2.24, 2.45) is 0 Å². The van der Waals surface area contributed by atoms with Crippen molar-refractivity contribution in [2.75, 3.05) is 22.5 Å². The number of carbonyl (C=O) groups is 2. The first-order valence-electron chi connectivity index (χ1n) is 9.08. The molecular formula is C20H18ClN5O2S. The van der Waals surface area contributed by atoms with Gasteiger partial charge < -0.3 is 14.8 Å². The van der Waals surface area contributed by atoms with Gasteiger partial charge in [-0.15, -0.1) is 10.2 Å². The summed E-state index contributed by atoms with van der Waals surface area (Å²) in [5, 5.41) is 12.6. The molecule has 0 atom stereocenters. The molecule has 0 bridgehead atoms. The molecule has 1 aromatic heterocycles. The molecule has 1 aliphatic heterocycles. The number of halogens is 1. The number of rotatable bonds is 5. The van der Waals surface area contributed by atoms with Crippen LogP contribution >= 0.6 is 23.4 Å². The van der Waals surface area contributed by atoms with E-state index in [0.717, 1.165) is 11.4 Å². The van der Waals surface area contributed by atoms with E-state index in [4.69, 9.17) is 11.6 Å². The zero-order valence-corrected chi connectivity index (χ0v) is 17.2. The van der Waals surface area contributed by atoms with Gasteiger partial charge >= 0.3 is 0 Å². The fourth-order valence-electron chi connectivity index (χ4n) is 3.15. The quantitative estimate of drug-likeness (QED) is 0.628. The Balaban J connectivity index is 1.52. The van der Waals surface area contributed by atoms with Crippen LogP contribution in [0.1, 0.15) is 6.92 Å². The SMILES string of the molecule is CCn1c(SCC(=O)N2CC(=O)Nc3ccccc32)nnc1-c1ccc(Cl)cc1. The standard InChI is InChI=1S/C20H18ClN5O2S/c1-2-25-19(13-7-9-14(21)10-8-13)23-24-20(25)29-12-18(28)26-11-17(27)22-15-5-3-4-6-16(15)26/h3-10H,2,11-12H2,1H3,(H,22,27). The number of nitrogens with zero attached hydrogens (tertiary/aromatic N) is 4. The van der Waals surface area contributed by atoms with Crippen LogP contribution in [0.15, 0.2) is 53.7 Å². The highest BCUT2D eigenvalue weighted by molar-refractivity contribution is 7.99. The minimum Gasteiger partial charge on any atom is -0.323 e. The molecule has 2 heterocycles. The largest absolute Gasteiger partial charge is 0.323 e. The zero-order chi connectivity index (χ0) is 20.4. The maximum atomic E-state index is 12.8. The molecule has 0 radical (unpaired) electrons. The van der Waals surface area contributed by atoms with E-state index >= 15 is 0 Å². The summed E-state index contributed by atoms with van der Waals surface area (Å²) in [6.45, 7) is 2.67. The molecule has 3 aromatic rings. The van der Waals surface area contributed by atoms with Crippen LogP contribution in [0, 0.1) is 0 Å². The Hall–Kier alpha value is -2.84. The van der Waals surface area contributed by atoms with Crippen molar-refractivity contribution in [1.82, 2.24) is 14.8 Å². The maximum Gasteiger partial charge on any atom is 0.244 e. The van der Waals surface area contributed by atoms with Crippen molar-refractivity contribution in [3.63, 3.8) is 0 Å². The van der Waals surface area contributed by atoms with Gasteiger partial charge in [-0.2, -0.15) is 0 Å². The van der Waals surface area contributed by atoms with Crippen molar-refractivity contribution in [3.05, 3.63) is 53.6 Å². The Morgan fingerprint density at radius 2 is 1.93 bits per heavy atom. The summed E-state index contributed by atoms with van der Waals surface area (Å²) in [5.74, 6) is 0.516. The number of amides is 2. The zero-order valence-electron chi connectivity index (χ0n) is 15.6. The summed E-state index contributed by atoms with van der Waals surface area (Å²) in [6, 6.07) is 14.7. The monoisotopic (exact) mass is 427 g/mol. The predicted octanol–water partition coefficient (Wildman–Crippen LogP) is 3.70. The minimum absolute atomic E-state index is 0.00684. The first-order chi connectivity index (χ1) is 14.1. The number of anilines is 2. The van der Waals surface area contributed by atoms with Crippen LogP contribution in [0.3, 0.4) is 0 Å². The van der Waals surface area contributed by atoms with E-state index in [1.807, 2.05) is 41.8 Å². The number of hydrogen-bond donors (Lipinski definition) is 1. The molecule has 0 aliphatic carbocycles. The first kappa shape index (κ1) is 19.5. The highest BCUT2D eigenvalue weighted by Crippen LogP contribution is 2.30. The third-order valence-electron chi connectivity index (χ3n) is 4.53. The third kappa shape index (κ3) is 3.99. The maximum absolute atomic E-state index is 12.8. The highest BCUT2D eigenvalue weighted by Gasteiger charge is 2.27. The molecule has 7 nitrogen and oxygen atoms in total. The van der Waals surface area contributed by atoms with Crippen molar-refractivity contribution < 1.29 is 9.59 Å². The minimum atomic E-state index is -0.205. The molecule has 1 aliphatic rings. The average molecular weight is 428 g/mol. The van der Waals surface area contributed by atoms with Gasteiger partial charge in [0.05, 0.1) is 17.1 Å². The van der Waals surface area contributed by atoms with E-state index < -0.39 is 0 Å². The van der Waals surface area contributed by atoms with Crippen LogP contribution in [-0.4, -0.2) is 38.9 Å². The lowest BCUT2D eigenvalue weighted by Gasteiger charge is -2.29. The van der Waals surface area contributed by atoms with Gasteiger partial charge in [-0.25, -0.2) is 0 Å². The number of hydrogen-bond acceptors (Lipinski definition) is 5. The van der Waals surface area contributed by atoms with Crippen molar-refractivity contribution in [3.8, 4) is 11.4 Å². The molecule has 1 N–H and O–H groups in total. The normalized spacial score (nSPS) is 13.2. The van der Waals surface area contributed by atoms with E-state index in [0.29, 0.717) is 28.1 Å². The highest BCUT2D eigenvalue weighted by atomic mass is 35.5. The Morgan fingerprint density at radius 3 is 2.69 bits per heavy atom. The van der Waals surface area contributed by atoms with Crippen molar-refractivity contribution in [2.45, 2.75) is 18.6 Å². The van der Waals surface area contributed by atoms with Crippen molar-refractivity contribution in [1.29, 1.82) is 0 Å². The lowest BCUT2D eigenvalue weighted by molar-refractivity contribution is -0.120. The van der Waals surface area contributed by atoms with E-state index in [1.54, 1.807) is 18.2 Å². The Bertz CT molecular complexity index is 1070. The molecule has 0 saturated heterocycles. The van der Waals surface area contributed by atoms with Crippen LogP contribution in [0.2, 0.25) is 5.02 Å². The first-order valence-corrected chi connectivity index (χ1v) is 10.4. The molecule has 0 unspecified atom stereocenters. The molecule has 29 heavy (non-hydrogen) atoms. The lowest BCUT2D eigenvalue weighted by atomic mass is 10.2.